The number of imide groups is 1. The lowest BCUT2D eigenvalue weighted by Crippen LogP contribution is -2.20. The van der Waals surface area contributed by atoms with E-state index >= 15 is 0 Å². The Labute approximate surface area is 160 Å². The molecular formula is C22H9NO6. The van der Waals surface area contributed by atoms with Crippen molar-refractivity contribution in [1.82, 2.24) is 5.32 Å². The Morgan fingerprint density at radius 1 is 0.621 bits per heavy atom. The summed E-state index contributed by atoms with van der Waals surface area (Å²) in [5.74, 6) is -3.91. The summed E-state index contributed by atoms with van der Waals surface area (Å²) in [4.78, 5) is 49.3. The molecule has 2 amide bonds. The summed E-state index contributed by atoms with van der Waals surface area (Å²) in [6.07, 6.45) is 0. The summed E-state index contributed by atoms with van der Waals surface area (Å²) < 4.78 is 0. The summed E-state index contributed by atoms with van der Waals surface area (Å²) in [5, 5.41) is 25.7. The molecule has 8 rings (SSSR count). The van der Waals surface area contributed by atoms with Gasteiger partial charge < -0.3 is 10.2 Å². The Kier molecular flexibility index (Phi) is 2.59. The largest absolute Gasteiger partial charge is 0.478 e. The van der Waals surface area contributed by atoms with Gasteiger partial charge in [0.15, 0.2) is 0 Å². The van der Waals surface area contributed by atoms with Gasteiger partial charge >= 0.3 is 11.9 Å². The maximum Gasteiger partial charge on any atom is 0.337 e. The quantitative estimate of drug-likeness (QED) is 0.317. The highest BCUT2D eigenvalue weighted by Crippen LogP contribution is 2.47. The predicted molar refractivity (Wildman–Crippen MR) is 105 cm³/mol. The molecule has 0 unspecified atom stereocenters. The SMILES string of the molecule is O=C(O)c1c(C(=O)O)c2ccc1c1c3c(c4c5ccc(cc5)c4c21)C(=O)NC3=O. The molecule has 0 aromatic heterocycles. The van der Waals surface area contributed by atoms with Crippen LogP contribution in [-0.2, 0) is 0 Å². The number of carboxylic acids is 2. The monoisotopic (exact) mass is 383 g/mol. The predicted octanol–water partition coefficient (Wildman–Crippen LogP) is 3.46. The smallest absolute Gasteiger partial charge is 0.337 e. The first kappa shape index (κ1) is 15.8. The Bertz CT molecular complexity index is 1590. The Morgan fingerprint density at radius 2 is 1.07 bits per heavy atom. The van der Waals surface area contributed by atoms with Crippen LogP contribution in [0.4, 0.5) is 0 Å². The topological polar surface area (TPSA) is 121 Å². The van der Waals surface area contributed by atoms with Crippen LogP contribution < -0.4 is 5.32 Å². The zero-order valence-corrected chi connectivity index (χ0v) is 14.5. The second-order valence-electron chi connectivity index (χ2n) is 7.13. The maximum atomic E-state index is 12.7. The summed E-state index contributed by atoms with van der Waals surface area (Å²) >= 11 is 0. The van der Waals surface area contributed by atoms with Gasteiger partial charge in [-0.25, -0.2) is 9.59 Å². The van der Waals surface area contributed by atoms with E-state index in [0.717, 1.165) is 10.8 Å². The van der Waals surface area contributed by atoms with E-state index in [2.05, 4.69) is 5.32 Å². The Balaban J connectivity index is 2.07. The fourth-order valence-corrected chi connectivity index (χ4v) is 4.82. The van der Waals surface area contributed by atoms with E-state index in [1.165, 1.54) is 6.07 Å². The molecule has 7 aromatic carbocycles. The van der Waals surface area contributed by atoms with E-state index in [0.29, 0.717) is 21.5 Å². The normalized spacial score (nSPS) is 13.8. The van der Waals surface area contributed by atoms with Crippen LogP contribution in [0.5, 0.6) is 0 Å². The number of benzene rings is 7. The first-order chi connectivity index (χ1) is 13.9. The summed E-state index contributed by atoms with van der Waals surface area (Å²) in [7, 11) is 0. The number of fused-ring (bicyclic) bond motifs is 5. The molecule has 0 fully saturated rings. The molecular weight excluding hydrogens is 374 g/mol. The van der Waals surface area contributed by atoms with Gasteiger partial charge in [0, 0.05) is 10.8 Å². The van der Waals surface area contributed by atoms with Crippen LogP contribution >= 0.6 is 0 Å². The zero-order valence-electron chi connectivity index (χ0n) is 14.5. The van der Waals surface area contributed by atoms with E-state index in [1.807, 2.05) is 24.3 Å². The van der Waals surface area contributed by atoms with Gasteiger partial charge in [-0.3, -0.25) is 14.9 Å². The number of aromatic carboxylic acids is 2. The molecule has 3 N–H and O–H groups in total. The number of hydrogen-bond acceptors (Lipinski definition) is 4. The van der Waals surface area contributed by atoms with Crippen molar-refractivity contribution in [2.24, 2.45) is 0 Å². The van der Waals surface area contributed by atoms with Gasteiger partial charge in [0.25, 0.3) is 11.8 Å². The molecule has 0 aliphatic carbocycles. The maximum absolute atomic E-state index is 12.7. The fourth-order valence-electron chi connectivity index (χ4n) is 4.82. The minimum absolute atomic E-state index is 0.103. The van der Waals surface area contributed by atoms with Crippen molar-refractivity contribution in [3.05, 3.63) is 58.7 Å². The number of carbonyl (C=O) groups is 4. The van der Waals surface area contributed by atoms with E-state index in [9.17, 15) is 29.4 Å². The third-order valence-corrected chi connectivity index (χ3v) is 5.82. The van der Waals surface area contributed by atoms with Crippen molar-refractivity contribution in [2.75, 3.05) is 0 Å². The second-order valence-corrected chi connectivity index (χ2v) is 7.13. The molecule has 0 radical (unpaired) electrons. The molecule has 0 saturated carbocycles. The van der Waals surface area contributed by atoms with Gasteiger partial charge in [-0.2, -0.15) is 0 Å². The highest BCUT2D eigenvalue weighted by Gasteiger charge is 2.36. The van der Waals surface area contributed by atoms with E-state index in [1.54, 1.807) is 6.07 Å². The third kappa shape index (κ3) is 1.64. The molecule has 29 heavy (non-hydrogen) atoms. The number of carboxylic acid groups (broad SMARTS) is 2. The molecule has 0 saturated heterocycles. The lowest BCUT2D eigenvalue weighted by Gasteiger charge is -2.20. The van der Waals surface area contributed by atoms with Crippen LogP contribution in [0.2, 0.25) is 0 Å². The number of carbonyl (C=O) groups excluding carboxylic acids is 2. The molecule has 1 heterocycles. The lowest BCUT2D eigenvalue weighted by molar-refractivity contribution is 0.0655. The van der Waals surface area contributed by atoms with Gasteiger partial charge in [-0.15, -0.1) is 0 Å². The molecule has 0 spiro atoms. The number of hydrogen-bond donors (Lipinski definition) is 3. The Hall–Kier alpha value is -4.26. The summed E-state index contributed by atoms with van der Waals surface area (Å²) in [6.45, 7) is 0. The molecule has 0 atom stereocenters. The van der Waals surface area contributed by atoms with Crippen LogP contribution in [0.25, 0.3) is 43.1 Å². The van der Waals surface area contributed by atoms with Crippen LogP contribution in [0.3, 0.4) is 0 Å². The van der Waals surface area contributed by atoms with Gasteiger partial charge in [0.05, 0.1) is 22.3 Å². The van der Waals surface area contributed by atoms with Crippen molar-refractivity contribution in [1.29, 1.82) is 0 Å². The molecule has 1 aliphatic rings. The second kappa shape index (κ2) is 4.77. The highest BCUT2D eigenvalue weighted by atomic mass is 16.4. The fraction of sp³-hybridized carbons (Fsp3) is 0. The van der Waals surface area contributed by atoms with Crippen molar-refractivity contribution in [3.8, 4) is 0 Å². The molecule has 7 aromatic rings. The molecule has 4 bridgehead atoms. The molecule has 7 heteroatoms. The van der Waals surface area contributed by atoms with Crippen molar-refractivity contribution >= 4 is 66.8 Å². The van der Waals surface area contributed by atoms with Gasteiger partial charge in [-0.05, 0) is 32.3 Å². The first-order valence-corrected chi connectivity index (χ1v) is 8.75. The third-order valence-electron chi connectivity index (χ3n) is 5.82. The summed E-state index contributed by atoms with van der Waals surface area (Å²) in [6, 6.07) is 10.5. The van der Waals surface area contributed by atoms with Gasteiger partial charge in [-0.1, -0.05) is 36.4 Å². The van der Waals surface area contributed by atoms with Crippen LogP contribution in [-0.4, -0.2) is 34.0 Å². The van der Waals surface area contributed by atoms with Gasteiger partial charge in [0.1, 0.15) is 0 Å². The minimum atomic E-state index is -1.40. The number of nitrogens with one attached hydrogen (secondary N) is 1. The molecule has 7 nitrogen and oxygen atoms in total. The number of amides is 2. The van der Waals surface area contributed by atoms with Crippen LogP contribution in [0.15, 0.2) is 36.4 Å². The van der Waals surface area contributed by atoms with E-state index in [-0.39, 0.29) is 33.0 Å². The number of rotatable bonds is 2. The lowest BCUT2D eigenvalue weighted by atomic mass is 9.81. The van der Waals surface area contributed by atoms with Crippen molar-refractivity contribution in [2.45, 2.75) is 0 Å². The van der Waals surface area contributed by atoms with Crippen LogP contribution in [0.1, 0.15) is 41.4 Å². The van der Waals surface area contributed by atoms with Crippen molar-refractivity contribution < 1.29 is 29.4 Å². The van der Waals surface area contributed by atoms with E-state index < -0.39 is 23.8 Å². The highest BCUT2D eigenvalue weighted by molar-refractivity contribution is 6.44. The first-order valence-electron chi connectivity index (χ1n) is 8.75. The average Bonchev–Trinajstić information content (AvgIpc) is 3.02. The molecule has 1 aliphatic heterocycles. The standard InChI is InChI=1S/C22H9NO6/c24-19-17-12-8-3-1-7(2-4-8)11(12)13-9-5-6-10(14(13)18(17)20(25)23-19)16(22(28)29)15(9)21(26)27/h1-6H,(H,26,27)(H,28,29)(H,23,24,25). The zero-order chi connectivity index (χ0) is 20.2. The Morgan fingerprint density at radius 3 is 1.59 bits per heavy atom. The molecule has 138 valence electrons. The van der Waals surface area contributed by atoms with Crippen molar-refractivity contribution in [3.63, 3.8) is 0 Å². The van der Waals surface area contributed by atoms with E-state index in [4.69, 9.17) is 0 Å². The van der Waals surface area contributed by atoms with Crippen LogP contribution in [0, 0.1) is 0 Å². The summed E-state index contributed by atoms with van der Waals surface area (Å²) in [5.41, 5.74) is -0.372. The van der Waals surface area contributed by atoms with Gasteiger partial charge in [0.2, 0.25) is 0 Å². The minimum Gasteiger partial charge on any atom is -0.478 e. The average molecular weight is 383 g/mol.